The van der Waals surface area contributed by atoms with Crippen molar-refractivity contribution < 1.29 is 18.8 Å². The minimum atomic E-state index is -1.09. The first-order valence-electron chi connectivity index (χ1n) is 11.1. The largest absolute Gasteiger partial charge is 0.451 e. The van der Waals surface area contributed by atoms with E-state index in [1.807, 2.05) is 26.0 Å². The molecule has 4 rings (SSSR count). The number of hydrogen-bond acceptors (Lipinski definition) is 5. The second-order valence-electron chi connectivity index (χ2n) is 9.22. The first-order chi connectivity index (χ1) is 15.3. The summed E-state index contributed by atoms with van der Waals surface area (Å²) in [6.07, 6.45) is 6.64. The highest BCUT2D eigenvalue weighted by atomic mass is 16.3. The van der Waals surface area contributed by atoms with Crippen molar-refractivity contribution >= 4 is 18.0 Å². The number of piperidine rings is 1. The smallest absolute Gasteiger partial charge is 0.275 e. The van der Waals surface area contributed by atoms with Gasteiger partial charge in [-0.3, -0.25) is 9.59 Å². The van der Waals surface area contributed by atoms with Crippen LogP contribution in [-0.4, -0.2) is 40.9 Å². The van der Waals surface area contributed by atoms with Crippen molar-refractivity contribution in [2.75, 3.05) is 13.1 Å². The maximum absolute atomic E-state index is 13.6. The lowest BCUT2D eigenvalue weighted by Gasteiger charge is -2.48. The van der Waals surface area contributed by atoms with Gasteiger partial charge in [0.15, 0.2) is 17.9 Å². The molecule has 1 amide bonds. The Morgan fingerprint density at radius 2 is 1.84 bits per heavy atom. The van der Waals surface area contributed by atoms with E-state index >= 15 is 0 Å². The molecule has 2 aromatic rings. The summed E-state index contributed by atoms with van der Waals surface area (Å²) in [5, 5.41) is 0. The van der Waals surface area contributed by atoms with Gasteiger partial charge in [0, 0.05) is 25.1 Å². The van der Waals surface area contributed by atoms with E-state index in [9.17, 15) is 14.4 Å². The molecular weight excluding hydrogens is 404 g/mol. The first-order valence-corrected chi connectivity index (χ1v) is 11.1. The molecule has 166 valence electrons. The molecule has 1 aliphatic carbocycles. The summed E-state index contributed by atoms with van der Waals surface area (Å²) < 4.78 is 4.92. The highest BCUT2D eigenvalue weighted by molar-refractivity contribution is 6.06. The number of oxazole rings is 1. The third-order valence-corrected chi connectivity index (χ3v) is 7.29. The van der Waals surface area contributed by atoms with Gasteiger partial charge >= 0.3 is 0 Å². The lowest BCUT2D eigenvalue weighted by atomic mass is 9.57. The van der Waals surface area contributed by atoms with Crippen LogP contribution in [0, 0.1) is 31.1 Å². The predicted molar refractivity (Wildman–Crippen MR) is 119 cm³/mol. The Bertz CT molecular complexity index is 1090. The van der Waals surface area contributed by atoms with Crippen LogP contribution in [-0.2, 0) is 15.0 Å². The highest BCUT2D eigenvalue weighted by Gasteiger charge is 2.51. The number of benzene rings is 1. The lowest BCUT2D eigenvalue weighted by molar-refractivity contribution is -0.136. The van der Waals surface area contributed by atoms with Crippen LogP contribution in [0.2, 0.25) is 0 Å². The Hall–Kier alpha value is -3.20. The van der Waals surface area contributed by atoms with E-state index in [4.69, 9.17) is 4.42 Å². The summed E-state index contributed by atoms with van der Waals surface area (Å²) in [5.74, 6) is 5.83. The number of amides is 1. The van der Waals surface area contributed by atoms with E-state index in [-0.39, 0.29) is 17.1 Å². The molecule has 32 heavy (non-hydrogen) atoms. The Morgan fingerprint density at radius 3 is 2.38 bits per heavy atom. The van der Waals surface area contributed by atoms with Crippen LogP contribution in [0.15, 0.2) is 29.2 Å². The first kappa shape index (κ1) is 22.0. The topological polar surface area (TPSA) is 80.5 Å². The minimum Gasteiger partial charge on any atom is -0.451 e. The molecule has 1 saturated heterocycles. The zero-order chi connectivity index (χ0) is 22.9. The summed E-state index contributed by atoms with van der Waals surface area (Å²) in [6.45, 7) is 6.87. The van der Waals surface area contributed by atoms with Gasteiger partial charge in [-0.2, -0.15) is 0 Å². The van der Waals surface area contributed by atoms with Crippen molar-refractivity contribution in [1.82, 2.24) is 9.88 Å². The molecule has 0 bridgehead atoms. The Morgan fingerprint density at radius 1 is 1.16 bits per heavy atom. The van der Waals surface area contributed by atoms with Gasteiger partial charge in [0.1, 0.15) is 18.0 Å². The number of rotatable bonds is 3. The standard InChI is InChI=1S/C26H28N2O4/c1-4-5-20-12-18(2)23(19(3)13-20)26(16-29)7-6-25(14-22(26)30)8-10-28(11-9-25)24(31)21-15-32-17-27-21/h12-13,15-17H,6-11,14H2,1-3H3. The number of Topliss-reactive ketones (excluding diaryl/α,β-unsaturated/α-hetero) is 1. The van der Waals surface area contributed by atoms with Crippen molar-refractivity contribution in [3.63, 3.8) is 0 Å². The summed E-state index contributed by atoms with van der Waals surface area (Å²) in [7, 11) is 0. The van der Waals surface area contributed by atoms with Crippen LogP contribution < -0.4 is 0 Å². The van der Waals surface area contributed by atoms with Crippen LogP contribution in [0.1, 0.15) is 71.8 Å². The molecule has 1 spiro atoms. The number of likely N-dealkylation sites (tertiary alicyclic amines) is 1. The zero-order valence-corrected chi connectivity index (χ0v) is 18.9. The number of aldehydes is 1. The van der Waals surface area contributed by atoms with Crippen molar-refractivity contribution in [3.8, 4) is 11.8 Å². The summed E-state index contributed by atoms with van der Waals surface area (Å²) in [6, 6.07) is 3.94. The van der Waals surface area contributed by atoms with Crippen LogP contribution in [0.3, 0.4) is 0 Å². The lowest BCUT2D eigenvalue weighted by Crippen LogP contribution is -2.51. The average Bonchev–Trinajstić information content (AvgIpc) is 3.30. The monoisotopic (exact) mass is 432 g/mol. The van der Waals surface area contributed by atoms with Gasteiger partial charge in [-0.25, -0.2) is 4.98 Å². The molecule has 0 radical (unpaired) electrons. The Balaban J connectivity index is 1.54. The van der Waals surface area contributed by atoms with Crippen LogP contribution in [0.5, 0.6) is 0 Å². The van der Waals surface area contributed by atoms with Gasteiger partial charge in [-0.05, 0) is 80.7 Å². The van der Waals surface area contributed by atoms with E-state index in [2.05, 4.69) is 16.8 Å². The Labute approximate surface area is 188 Å². The second-order valence-corrected chi connectivity index (χ2v) is 9.22. The van der Waals surface area contributed by atoms with Crippen LogP contribution in [0.4, 0.5) is 0 Å². The minimum absolute atomic E-state index is 0.00412. The van der Waals surface area contributed by atoms with Gasteiger partial charge < -0.3 is 14.1 Å². The number of hydrogen-bond donors (Lipinski definition) is 0. The fourth-order valence-electron chi connectivity index (χ4n) is 5.61. The molecule has 2 heterocycles. The zero-order valence-electron chi connectivity index (χ0n) is 18.9. The molecule has 1 atom stereocenters. The van der Waals surface area contributed by atoms with Crippen LogP contribution >= 0.6 is 0 Å². The van der Waals surface area contributed by atoms with E-state index in [0.29, 0.717) is 31.6 Å². The van der Waals surface area contributed by atoms with Crippen molar-refractivity contribution in [2.24, 2.45) is 5.41 Å². The summed E-state index contributed by atoms with van der Waals surface area (Å²) in [5.41, 5.74) is 2.68. The number of nitrogens with zero attached hydrogens (tertiary/aromatic N) is 2. The number of aromatic nitrogens is 1. The second kappa shape index (κ2) is 8.38. The molecule has 1 aromatic carbocycles. The fraction of sp³-hybridized carbons (Fsp3) is 0.462. The van der Waals surface area contributed by atoms with Gasteiger partial charge in [0.2, 0.25) is 0 Å². The van der Waals surface area contributed by atoms with Gasteiger partial charge in [0.05, 0.1) is 0 Å². The van der Waals surface area contributed by atoms with E-state index in [0.717, 1.165) is 47.8 Å². The highest BCUT2D eigenvalue weighted by Crippen LogP contribution is 2.50. The third kappa shape index (κ3) is 3.66. The molecule has 2 fully saturated rings. The molecule has 1 saturated carbocycles. The summed E-state index contributed by atoms with van der Waals surface area (Å²) >= 11 is 0. The van der Waals surface area contributed by atoms with E-state index < -0.39 is 5.41 Å². The normalized spacial score (nSPS) is 22.3. The molecule has 1 aliphatic heterocycles. The average molecular weight is 433 g/mol. The van der Waals surface area contributed by atoms with Crippen molar-refractivity contribution in [3.05, 3.63) is 52.7 Å². The van der Waals surface area contributed by atoms with Gasteiger partial charge in [-0.1, -0.05) is 5.92 Å². The molecule has 0 N–H and O–H groups in total. The van der Waals surface area contributed by atoms with E-state index in [1.54, 1.807) is 11.8 Å². The number of carbonyl (C=O) groups is 3. The maximum Gasteiger partial charge on any atom is 0.275 e. The Kier molecular flexibility index (Phi) is 5.77. The van der Waals surface area contributed by atoms with Crippen LogP contribution in [0.25, 0.3) is 0 Å². The van der Waals surface area contributed by atoms with Crippen molar-refractivity contribution in [2.45, 2.75) is 58.3 Å². The predicted octanol–water partition coefficient (Wildman–Crippen LogP) is 3.78. The molecule has 1 unspecified atom stereocenters. The number of aryl methyl sites for hydroxylation is 2. The van der Waals surface area contributed by atoms with E-state index in [1.165, 1.54) is 12.7 Å². The van der Waals surface area contributed by atoms with Gasteiger partial charge in [0.25, 0.3) is 5.91 Å². The molecule has 6 nitrogen and oxygen atoms in total. The quantitative estimate of drug-likeness (QED) is 0.419. The van der Waals surface area contributed by atoms with Gasteiger partial charge in [-0.15, -0.1) is 5.92 Å². The van der Waals surface area contributed by atoms with Crippen molar-refractivity contribution in [1.29, 1.82) is 0 Å². The fourth-order valence-corrected chi connectivity index (χ4v) is 5.61. The third-order valence-electron chi connectivity index (χ3n) is 7.29. The molecule has 2 aliphatic rings. The molecular formula is C26H28N2O4. The SMILES string of the molecule is CC#Cc1cc(C)c(C2(C=O)CCC3(CCN(C(=O)c4cocn4)CC3)CC2=O)c(C)c1. The summed E-state index contributed by atoms with van der Waals surface area (Å²) in [4.78, 5) is 44.3. The number of ketones is 1. The molecule has 1 aromatic heterocycles. The maximum atomic E-state index is 13.6. The molecule has 6 heteroatoms. The number of carbonyl (C=O) groups excluding carboxylic acids is 3.